The fourth-order valence-corrected chi connectivity index (χ4v) is 0. The molecule has 13 heavy (non-hydrogen) atoms. The van der Waals surface area contributed by atoms with Crippen LogP contribution in [-0.4, -0.2) is 35.0 Å². The topological polar surface area (TPSA) is 161 Å². The summed E-state index contributed by atoms with van der Waals surface area (Å²) in [7, 11) is -10.3. The summed E-state index contributed by atoms with van der Waals surface area (Å²) in [6, 6.07) is 0. The van der Waals surface area contributed by atoms with Crippen LogP contribution >= 0.6 is 0 Å². The van der Waals surface area contributed by atoms with Gasteiger partial charge in [-0.3, -0.25) is 16.8 Å². The molecule has 0 unspecified atom stereocenters. The Kier molecular flexibility index (Phi) is 26.2. The first-order chi connectivity index (χ1) is 4.00. The summed E-state index contributed by atoms with van der Waals surface area (Å²) in [6.07, 6.45) is 0. The maximum Gasteiger partial charge on any atom is 2.00 e. The molecule has 0 atom stereocenters. The molecule has 0 bridgehead atoms. The normalized spacial score (nSPS) is 8.92. The minimum absolute atomic E-state index is 0. The summed E-state index contributed by atoms with van der Waals surface area (Å²) in [5.41, 5.74) is 0. The van der Waals surface area contributed by atoms with Gasteiger partial charge in [-0.25, -0.2) is 0 Å². The predicted octanol–water partition coefficient (Wildman–Crippen LogP) is -8.67. The second kappa shape index (κ2) is 11.6. The molecule has 64 valence electrons. The monoisotopic (exact) mass is 270 g/mol. The van der Waals surface area contributed by atoms with E-state index in [0.29, 0.717) is 0 Å². The molecule has 0 rings (SSSR count). The summed E-state index contributed by atoms with van der Waals surface area (Å²) in [5, 5.41) is 0. The Labute approximate surface area is 112 Å². The van der Waals surface area contributed by atoms with E-state index >= 15 is 0 Å². The van der Waals surface area contributed by atoms with Crippen LogP contribution in [0.4, 0.5) is 0 Å². The van der Waals surface area contributed by atoms with Crippen molar-refractivity contribution >= 4 is 20.8 Å². The molecule has 0 saturated carbocycles. The quantitative estimate of drug-likeness (QED) is 0.238. The Balaban J connectivity index is -0.0000000267. The maximum absolute atomic E-state index is 8.52. The molecule has 0 amide bonds. The standard InChI is InChI=1S/2Li.2H2O4S.Zn/c;;2*1-5(2,3)4;/h;;2*(H2,1,2,3,4);/q2*+1;;;+2/p-4. The average Bonchev–Trinajstić information content (AvgIpc) is 1.12. The van der Waals surface area contributed by atoms with Crippen LogP contribution in [0.25, 0.3) is 0 Å². The number of rotatable bonds is 0. The van der Waals surface area contributed by atoms with Crippen LogP contribution < -0.4 is 37.7 Å². The summed E-state index contributed by atoms with van der Waals surface area (Å²) < 4.78 is 68.2. The number of hydrogen-bond acceptors (Lipinski definition) is 8. The van der Waals surface area contributed by atoms with E-state index in [2.05, 4.69) is 0 Å². The van der Waals surface area contributed by atoms with Gasteiger partial charge < -0.3 is 18.2 Å². The van der Waals surface area contributed by atoms with Gasteiger partial charge >= 0.3 is 57.2 Å². The largest absolute Gasteiger partial charge is 2.00 e. The first kappa shape index (κ1) is 29.3. The molecular weight excluding hydrogens is 271 g/mol. The van der Waals surface area contributed by atoms with Gasteiger partial charge in [0.1, 0.15) is 0 Å². The zero-order valence-corrected chi connectivity index (χ0v) is 11.4. The fourth-order valence-electron chi connectivity index (χ4n) is 0. The van der Waals surface area contributed by atoms with E-state index in [0.717, 1.165) is 0 Å². The van der Waals surface area contributed by atoms with Crippen molar-refractivity contribution < 1.29 is 92.2 Å². The third kappa shape index (κ3) is 746. The Morgan fingerprint density at radius 3 is 0.615 bits per heavy atom. The molecule has 0 aromatic heterocycles. The molecule has 0 radical (unpaired) electrons. The Bertz CT molecular complexity index is 217. The van der Waals surface area contributed by atoms with Crippen molar-refractivity contribution in [3.8, 4) is 0 Å². The van der Waals surface area contributed by atoms with Gasteiger partial charge in [-0.15, -0.1) is 0 Å². The van der Waals surface area contributed by atoms with Crippen LogP contribution in [0, 0.1) is 0 Å². The third-order valence-electron chi connectivity index (χ3n) is 0. The Morgan fingerprint density at radius 2 is 0.615 bits per heavy atom. The van der Waals surface area contributed by atoms with E-state index in [1.165, 1.54) is 0 Å². The van der Waals surface area contributed by atoms with Crippen molar-refractivity contribution in [2.75, 3.05) is 0 Å². The van der Waals surface area contributed by atoms with E-state index in [1.807, 2.05) is 0 Å². The van der Waals surface area contributed by atoms with Crippen molar-refractivity contribution in [3.63, 3.8) is 0 Å². The van der Waals surface area contributed by atoms with Crippen molar-refractivity contribution in [2.45, 2.75) is 0 Å². The Morgan fingerprint density at radius 1 is 0.615 bits per heavy atom. The van der Waals surface area contributed by atoms with Crippen LogP contribution in [0.5, 0.6) is 0 Å². The second-order valence-corrected chi connectivity index (χ2v) is 2.45. The SMILES string of the molecule is O=S(=O)([O-])[O-].O=S(=O)([O-])[O-].[Li+].[Li+].[Zn+2]. The minimum atomic E-state index is -5.17. The van der Waals surface area contributed by atoms with E-state index < -0.39 is 20.8 Å². The van der Waals surface area contributed by atoms with Gasteiger partial charge in [-0.1, -0.05) is 0 Å². The van der Waals surface area contributed by atoms with Gasteiger partial charge in [0.05, 0.1) is 0 Å². The fraction of sp³-hybridized carbons (Fsp3) is 0. The van der Waals surface area contributed by atoms with Gasteiger partial charge in [0.15, 0.2) is 0 Å². The van der Waals surface area contributed by atoms with Gasteiger partial charge in [0, 0.05) is 20.8 Å². The van der Waals surface area contributed by atoms with Gasteiger partial charge in [0.2, 0.25) is 0 Å². The maximum atomic E-state index is 8.52. The molecule has 0 fully saturated rings. The van der Waals surface area contributed by atoms with E-state index in [4.69, 9.17) is 35.0 Å². The minimum Gasteiger partial charge on any atom is -0.759 e. The van der Waals surface area contributed by atoms with Crippen molar-refractivity contribution in [1.82, 2.24) is 0 Å². The molecular formula is Li2O8S2Zn. The molecule has 0 aliphatic carbocycles. The molecule has 0 aliphatic heterocycles. The van der Waals surface area contributed by atoms with Crippen LogP contribution in [0.15, 0.2) is 0 Å². The van der Waals surface area contributed by atoms with E-state index in [-0.39, 0.29) is 57.2 Å². The van der Waals surface area contributed by atoms with Gasteiger partial charge in [-0.05, 0) is 0 Å². The van der Waals surface area contributed by atoms with Gasteiger partial charge in [-0.2, -0.15) is 0 Å². The van der Waals surface area contributed by atoms with E-state index in [9.17, 15) is 0 Å². The molecule has 0 heterocycles. The third-order valence-corrected chi connectivity index (χ3v) is 0. The molecule has 8 nitrogen and oxygen atoms in total. The van der Waals surface area contributed by atoms with E-state index in [1.54, 1.807) is 0 Å². The smallest absolute Gasteiger partial charge is 0.759 e. The number of hydrogen-bond donors (Lipinski definition) is 0. The Hall–Kier alpha value is 1.56. The van der Waals surface area contributed by atoms with Crippen LogP contribution in [0.2, 0.25) is 0 Å². The van der Waals surface area contributed by atoms with Crippen molar-refractivity contribution in [1.29, 1.82) is 0 Å². The predicted molar refractivity (Wildman–Crippen MR) is 20.9 cm³/mol. The van der Waals surface area contributed by atoms with Crippen LogP contribution in [-0.2, 0) is 40.3 Å². The van der Waals surface area contributed by atoms with Gasteiger partial charge in [0.25, 0.3) is 0 Å². The van der Waals surface area contributed by atoms with Crippen LogP contribution in [0.3, 0.4) is 0 Å². The second-order valence-electron chi connectivity index (χ2n) is 0.816. The summed E-state index contributed by atoms with van der Waals surface area (Å²) in [4.78, 5) is 0. The molecule has 0 spiro atoms. The molecule has 13 heteroatoms. The summed E-state index contributed by atoms with van der Waals surface area (Å²) >= 11 is 0. The van der Waals surface area contributed by atoms with Crippen molar-refractivity contribution in [3.05, 3.63) is 0 Å². The molecule has 0 aliphatic rings. The first-order valence-corrected chi connectivity index (χ1v) is 4.00. The van der Waals surface area contributed by atoms with Crippen molar-refractivity contribution in [2.24, 2.45) is 0 Å². The van der Waals surface area contributed by atoms with Crippen LogP contribution in [0.1, 0.15) is 0 Å². The molecule has 0 saturated heterocycles. The summed E-state index contributed by atoms with van der Waals surface area (Å²) in [5.74, 6) is 0. The molecule has 0 N–H and O–H groups in total. The first-order valence-electron chi connectivity index (χ1n) is 1.33. The molecule has 0 aromatic carbocycles. The molecule has 0 aromatic rings. The zero-order valence-electron chi connectivity index (χ0n) is 6.79. The summed E-state index contributed by atoms with van der Waals surface area (Å²) in [6.45, 7) is 0. The average molecular weight is 271 g/mol. The zero-order chi connectivity index (χ0) is 9.00.